The number of nitrogens with zero attached hydrogens (tertiary/aromatic N) is 8. The third-order valence-electron chi connectivity index (χ3n) is 8.08. The maximum atomic E-state index is 12.3. The standard InChI is InChI=1S/C30H38N10O12S2.C4H11NO2.C2H7NO3S.3Na/c1-51-29-35-25(33-27(37-29)39(9-13-41)10-14-42)31-21-7-5-19(23(17-21)53(45,46)47)3-4-20-6-8-22(18-24(20)54(48,49)50)32-26-34-28(38-30(36-26)52-2)40(11-15-43)12-16-44;6-3-1-5-2-4-7;3-1-2-7(4,5)6;;;/h3-8,17-18,41-44H,9-16H2,1-2H3,(H,45,46,47)(H,48,49,50)(H,31,33,35,37)(H,32,34,36,38);5-7H,1-4H2;1-3H2,(H,4,5,6);;;/q;;;3*+1/p-3/b4-3+;;;;;. The fourth-order valence-electron chi connectivity index (χ4n) is 5.17. The van der Waals surface area contributed by atoms with Crippen molar-refractivity contribution >= 4 is 77.7 Å². The van der Waals surface area contributed by atoms with Crippen LogP contribution in [0.4, 0.5) is 35.2 Å². The van der Waals surface area contributed by atoms with Crippen molar-refractivity contribution in [2.75, 3.05) is 126 Å². The van der Waals surface area contributed by atoms with E-state index in [0.29, 0.717) is 13.1 Å². The second kappa shape index (κ2) is 36.4. The van der Waals surface area contributed by atoms with Crippen molar-refractivity contribution in [3.63, 3.8) is 0 Å². The molecule has 4 aromatic rings. The summed E-state index contributed by atoms with van der Waals surface area (Å²) in [6.07, 6.45) is 2.27. The molecular formula is C36H53N12Na3O17S3. The van der Waals surface area contributed by atoms with E-state index in [0.717, 1.165) is 24.3 Å². The molecule has 0 saturated carbocycles. The van der Waals surface area contributed by atoms with Crippen molar-refractivity contribution in [1.82, 2.24) is 35.2 Å². The molecule has 2 heterocycles. The van der Waals surface area contributed by atoms with Crippen LogP contribution in [0.15, 0.2) is 46.2 Å². The predicted molar refractivity (Wildman–Crippen MR) is 240 cm³/mol. The zero-order chi connectivity index (χ0) is 50.9. The molecule has 0 radical (unpaired) electrons. The van der Waals surface area contributed by atoms with Gasteiger partial charge in [-0.25, -0.2) is 25.3 Å². The van der Waals surface area contributed by atoms with Crippen LogP contribution >= 0.6 is 0 Å². The van der Waals surface area contributed by atoms with E-state index in [4.69, 9.17) is 25.4 Å². The minimum absolute atomic E-state index is 0. The molecule has 0 aliphatic carbocycles. The van der Waals surface area contributed by atoms with Gasteiger partial charge in [0.2, 0.25) is 23.8 Å². The number of aliphatic hydroxyl groups excluding tert-OH is 6. The van der Waals surface area contributed by atoms with Crippen molar-refractivity contribution in [3.05, 3.63) is 47.5 Å². The summed E-state index contributed by atoms with van der Waals surface area (Å²) in [5.74, 6) is -0.681. The summed E-state index contributed by atoms with van der Waals surface area (Å²) in [5.41, 5.74) is 4.52. The van der Waals surface area contributed by atoms with Crippen LogP contribution in [-0.2, 0) is 30.4 Å². The van der Waals surface area contributed by atoms with Gasteiger partial charge < -0.3 is 85.3 Å². The molecule has 0 unspecified atom stereocenters. The zero-order valence-electron chi connectivity index (χ0n) is 39.6. The van der Waals surface area contributed by atoms with Crippen LogP contribution in [0.1, 0.15) is 11.1 Å². The van der Waals surface area contributed by atoms with Gasteiger partial charge in [-0.05, 0) is 35.4 Å². The average Bonchev–Trinajstić information content (AvgIpc) is 3.28. The van der Waals surface area contributed by atoms with Crippen molar-refractivity contribution in [2.24, 2.45) is 5.73 Å². The Kier molecular flexibility index (Phi) is 36.1. The average molecular weight is 1090 g/mol. The van der Waals surface area contributed by atoms with Crippen LogP contribution in [0, 0.1) is 0 Å². The third kappa shape index (κ3) is 26.5. The van der Waals surface area contributed by atoms with Gasteiger partial charge in [0.15, 0.2) is 0 Å². The topological polar surface area (TPSA) is 457 Å². The molecule has 0 aliphatic rings. The SMILES string of the molecule is COc1nc(Nc2ccc(/C=C/c3ccc(Nc4nc(OC)nc(N(CCO)CCO)n4)cc3S(=O)(=O)[O-])c(S(=O)(=O)[O-])c2)nc(N(CCO)CCO)n1.NCCS(=O)(=O)[O-].OCCNCCO.[Na+].[Na+].[Na+]. The number of ether oxygens (including phenoxy) is 2. The van der Waals surface area contributed by atoms with Gasteiger partial charge in [0.05, 0.1) is 79.5 Å². The van der Waals surface area contributed by atoms with Crippen molar-refractivity contribution < 1.29 is 168 Å². The molecule has 0 amide bonds. The van der Waals surface area contributed by atoms with Crippen molar-refractivity contribution in [2.45, 2.75) is 9.79 Å². The first kappa shape index (κ1) is 70.5. The number of aliphatic hydroxyl groups is 6. The molecule has 0 aliphatic heterocycles. The number of nitrogens with one attached hydrogen (secondary N) is 3. The van der Waals surface area contributed by atoms with Crippen LogP contribution in [0.25, 0.3) is 12.2 Å². The molecule has 2 aromatic carbocycles. The smallest absolute Gasteiger partial charge is 0.748 e. The Morgan fingerprint density at radius 2 is 0.930 bits per heavy atom. The minimum Gasteiger partial charge on any atom is -0.748 e. The molecule has 11 N–H and O–H groups in total. The number of rotatable bonds is 26. The summed E-state index contributed by atoms with van der Waals surface area (Å²) in [6, 6.07) is 6.94. The van der Waals surface area contributed by atoms with Crippen LogP contribution in [0.3, 0.4) is 0 Å². The Balaban J connectivity index is 0. The van der Waals surface area contributed by atoms with Gasteiger partial charge in [-0.2, -0.15) is 29.9 Å². The van der Waals surface area contributed by atoms with E-state index in [9.17, 15) is 59.3 Å². The van der Waals surface area contributed by atoms with Gasteiger partial charge in [-0.15, -0.1) is 0 Å². The first-order chi connectivity index (χ1) is 32.2. The summed E-state index contributed by atoms with van der Waals surface area (Å²) < 4.78 is 113. The maximum Gasteiger partial charge on any atom is 1.00 e. The largest absolute Gasteiger partial charge is 1.00 e. The summed E-state index contributed by atoms with van der Waals surface area (Å²) >= 11 is 0. The fourth-order valence-corrected chi connectivity index (χ4v) is 6.85. The number of nitrogens with two attached hydrogens (primary N) is 1. The van der Waals surface area contributed by atoms with Gasteiger partial charge in [0.25, 0.3) is 0 Å². The van der Waals surface area contributed by atoms with Gasteiger partial charge in [-0.1, -0.05) is 24.3 Å². The molecule has 0 saturated heterocycles. The normalized spacial score (nSPS) is 11.0. The monoisotopic (exact) mass is 1090 g/mol. The van der Waals surface area contributed by atoms with Crippen LogP contribution in [0.5, 0.6) is 12.0 Å². The second-order valence-corrected chi connectivity index (χ2v) is 17.2. The Morgan fingerprint density at radius 1 is 0.577 bits per heavy atom. The number of benzene rings is 2. The van der Waals surface area contributed by atoms with Crippen LogP contribution in [0.2, 0.25) is 0 Å². The van der Waals surface area contributed by atoms with Crippen molar-refractivity contribution in [3.8, 4) is 12.0 Å². The van der Waals surface area contributed by atoms with Crippen LogP contribution in [-0.4, -0.2) is 205 Å². The summed E-state index contributed by atoms with van der Waals surface area (Å²) in [4.78, 5) is 26.2. The number of methoxy groups -OCH3 is 2. The fraction of sp³-hybridized carbons (Fsp3) is 0.444. The summed E-state index contributed by atoms with van der Waals surface area (Å²) in [7, 11) is -11.7. The molecule has 4 rings (SSSR count). The molecule has 71 heavy (non-hydrogen) atoms. The maximum absolute atomic E-state index is 12.3. The minimum atomic E-state index is -5.14. The Morgan fingerprint density at radius 3 is 1.18 bits per heavy atom. The van der Waals surface area contributed by atoms with Gasteiger partial charge in [0, 0.05) is 57.2 Å². The second-order valence-electron chi connectivity index (χ2n) is 13.0. The molecule has 0 spiro atoms. The van der Waals surface area contributed by atoms with Gasteiger partial charge >= 0.3 is 101 Å². The molecular weight excluding hydrogens is 1040 g/mol. The Bertz CT molecular complexity index is 2400. The Hall–Kier alpha value is -2.59. The van der Waals surface area contributed by atoms with Gasteiger partial charge in [-0.3, -0.25) is 0 Å². The van der Waals surface area contributed by atoms with E-state index in [-0.39, 0.29) is 219 Å². The first-order valence-electron chi connectivity index (χ1n) is 19.7. The van der Waals surface area contributed by atoms with Crippen LogP contribution < -0.4 is 130 Å². The van der Waals surface area contributed by atoms with E-state index < -0.39 is 45.9 Å². The number of anilines is 6. The molecule has 0 fully saturated rings. The van der Waals surface area contributed by atoms with E-state index in [1.54, 1.807) is 0 Å². The number of aromatic nitrogens is 6. The van der Waals surface area contributed by atoms with Gasteiger partial charge in [0.1, 0.15) is 20.2 Å². The number of hydrogen-bond acceptors (Lipinski definition) is 29. The van der Waals surface area contributed by atoms with Crippen molar-refractivity contribution in [1.29, 1.82) is 0 Å². The Labute approximate surface area is 476 Å². The van der Waals surface area contributed by atoms with E-state index >= 15 is 0 Å². The molecule has 380 valence electrons. The van der Waals surface area contributed by atoms with E-state index in [1.807, 2.05) is 0 Å². The number of hydrogen-bond donors (Lipinski definition) is 10. The summed E-state index contributed by atoms with van der Waals surface area (Å²) in [6.45, 7) is 0.449. The molecule has 29 nitrogen and oxygen atoms in total. The van der Waals surface area contributed by atoms with E-state index in [2.05, 4.69) is 45.9 Å². The summed E-state index contributed by atoms with van der Waals surface area (Å²) in [5, 5.41) is 62.2. The molecule has 2 aromatic heterocycles. The molecule has 0 bridgehead atoms. The third-order valence-corrected chi connectivity index (χ3v) is 10.6. The zero-order valence-corrected chi connectivity index (χ0v) is 48.0. The molecule has 35 heteroatoms. The predicted octanol–water partition coefficient (Wildman–Crippen LogP) is -12.8. The molecule has 0 atom stereocenters. The van der Waals surface area contributed by atoms with E-state index in [1.165, 1.54) is 48.3 Å². The quantitative estimate of drug-likeness (QED) is 0.0121. The first-order valence-corrected chi connectivity index (χ1v) is 24.1.